The van der Waals surface area contributed by atoms with Gasteiger partial charge in [-0.25, -0.2) is 4.98 Å². The largest absolute Gasteiger partial charge is 0.305 e. The standard InChI is InChI=1S/C25H16Cl2N2/c26-21-10-6-17(7-11-21)20-14-23(18-8-12-22(27)13-9-18)25-28-24(16-29(25)15-20)19-4-2-1-3-5-19/h1-16H. The highest BCUT2D eigenvalue weighted by Crippen LogP contribution is 2.33. The summed E-state index contributed by atoms with van der Waals surface area (Å²) in [4.78, 5) is 4.94. The van der Waals surface area contributed by atoms with Gasteiger partial charge in [-0.1, -0.05) is 77.8 Å². The van der Waals surface area contributed by atoms with Crippen LogP contribution in [0.4, 0.5) is 0 Å². The van der Waals surface area contributed by atoms with Gasteiger partial charge in [-0.05, 0) is 47.0 Å². The van der Waals surface area contributed by atoms with Gasteiger partial charge in [0.15, 0.2) is 0 Å². The average molecular weight is 415 g/mol. The molecule has 0 aliphatic heterocycles. The Hall–Kier alpha value is -3.07. The van der Waals surface area contributed by atoms with E-state index in [4.69, 9.17) is 28.2 Å². The number of hydrogen-bond donors (Lipinski definition) is 0. The lowest BCUT2D eigenvalue weighted by Crippen LogP contribution is -1.91. The maximum Gasteiger partial charge on any atom is 0.145 e. The first-order valence-corrected chi connectivity index (χ1v) is 10.0. The van der Waals surface area contributed by atoms with Gasteiger partial charge in [-0.3, -0.25) is 0 Å². The minimum absolute atomic E-state index is 0.715. The highest BCUT2D eigenvalue weighted by molar-refractivity contribution is 6.31. The molecule has 0 amide bonds. The average Bonchev–Trinajstić information content (AvgIpc) is 3.19. The van der Waals surface area contributed by atoms with Gasteiger partial charge in [0.05, 0.1) is 5.69 Å². The van der Waals surface area contributed by atoms with Gasteiger partial charge in [0, 0.05) is 33.6 Å². The zero-order valence-electron chi connectivity index (χ0n) is 15.4. The molecule has 0 fully saturated rings. The maximum atomic E-state index is 6.11. The molecule has 29 heavy (non-hydrogen) atoms. The third kappa shape index (κ3) is 3.53. The normalized spacial score (nSPS) is 11.1. The lowest BCUT2D eigenvalue weighted by Gasteiger charge is -2.09. The fraction of sp³-hybridized carbons (Fsp3) is 0. The molecule has 0 saturated heterocycles. The van der Waals surface area contributed by atoms with Crippen molar-refractivity contribution in [2.45, 2.75) is 0 Å². The van der Waals surface area contributed by atoms with E-state index >= 15 is 0 Å². The molecule has 0 N–H and O–H groups in total. The highest BCUT2D eigenvalue weighted by Gasteiger charge is 2.13. The number of imidazole rings is 1. The predicted octanol–water partition coefficient (Wildman–Crippen LogP) is 7.64. The van der Waals surface area contributed by atoms with Crippen molar-refractivity contribution >= 4 is 28.8 Å². The molecule has 0 unspecified atom stereocenters. The van der Waals surface area contributed by atoms with E-state index in [2.05, 4.69) is 35.0 Å². The quantitative estimate of drug-likeness (QED) is 0.296. The van der Waals surface area contributed by atoms with Gasteiger partial charge in [0.2, 0.25) is 0 Å². The summed E-state index contributed by atoms with van der Waals surface area (Å²) in [5.74, 6) is 0. The van der Waals surface area contributed by atoms with Crippen LogP contribution in [0.25, 0.3) is 39.2 Å². The summed E-state index contributed by atoms with van der Waals surface area (Å²) in [7, 11) is 0. The predicted molar refractivity (Wildman–Crippen MR) is 122 cm³/mol. The summed E-state index contributed by atoms with van der Waals surface area (Å²) in [5, 5.41) is 1.44. The van der Waals surface area contributed by atoms with E-state index in [1.165, 1.54) is 0 Å². The minimum atomic E-state index is 0.715. The molecule has 140 valence electrons. The van der Waals surface area contributed by atoms with Crippen molar-refractivity contribution in [1.29, 1.82) is 0 Å². The molecular weight excluding hydrogens is 399 g/mol. The van der Waals surface area contributed by atoms with Gasteiger partial charge in [0.25, 0.3) is 0 Å². The van der Waals surface area contributed by atoms with E-state index < -0.39 is 0 Å². The van der Waals surface area contributed by atoms with Crippen molar-refractivity contribution in [1.82, 2.24) is 9.38 Å². The van der Waals surface area contributed by atoms with E-state index in [0.717, 1.165) is 44.2 Å². The molecular formula is C25H16Cl2N2. The summed E-state index contributed by atoms with van der Waals surface area (Å²) < 4.78 is 2.09. The van der Waals surface area contributed by atoms with Crippen LogP contribution >= 0.6 is 23.2 Å². The Bertz CT molecular complexity index is 1290. The Morgan fingerprint density at radius 2 is 1.21 bits per heavy atom. The fourth-order valence-electron chi connectivity index (χ4n) is 3.49. The topological polar surface area (TPSA) is 17.3 Å². The van der Waals surface area contributed by atoms with Crippen molar-refractivity contribution < 1.29 is 0 Å². The molecule has 4 heteroatoms. The number of pyridine rings is 1. The lowest BCUT2D eigenvalue weighted by atomic mass is 10.0. The lowest BCUT2D eigenvalue weighted by molar-refractivity contribution is 1.19. The molecule has 3 aromatic carbocycles. The second-order valence-corrected chi connectivity index (χ2v) is 7.75. The number of rotatable bonds is 3. The van der Waals surface area contributed by atoms with Crippen molar-refractivity contribution in [3.63, 3.8) is 0 Å². The molecule has 0 radical (unpaired) electrons. The van der Waals surface area contributed by atoms with Crippen LogP contribution in [0.5, 0.6) is 0 Å². The van der Waals surface area contributed by atoms with Gasteiger partial charge >= 0.3 is 0 Å². The Morgan fingerprint density at radius 3 is 1.86 bits per heavy atom. The monoisotopic (exact) mass is 414 g/mol. The molecule has 0 aliphatic carbocycles. The molecule has 0 aliphatic rings. The Morgan fingerprint density at radius 1 is 0.586 bits per heavy atom. The van der Waals surface area contributed by atoms with Crippen LogP contribution in [-0.4, -0.2) is 9.38 Å². The molecule has 2 aromatic heterocycles. The third-order valence-electron chi connectivity index (χ3n) is 4.95. The number of halogens is 2. The van der Waals surface area contributed by atoms with Crippen LogP contribution < -0.4 is 0 Å². The first-order chi connectivity index (χ1) is 14.2. The zero-order chi connectivity index (χ0) is 19.8. The van der Waals surface area contributed by atoms with E-state index in [1.54, 1.807) is 0 Å². The van der Waals surface area contributed by atoms with E-state index in [0.29, 0.717) is 5.02 Å². The molecule has 5 rings (SSSR count). The number of nitrogens with zero attached hydrogens (tertiary/aromatic N) is 2. The van der Waals surface area contributed by atoms with Gasteiger partial charge in [0.1, 0.15) is 5.65 Å². The molecule has 0 bridgehead atoms. The zero-order valence-corrected chi connectivity index (χ0v) is 16.9. The van der Waals surface area contributed by atoms with Crippen molar-refractivity contribution in [3.05, 3.63) is 107 Å². The first-order valence-electron chi connectivity index (χ1n) is 9.27. The number of benzene rings is 3. The van der Waals surface area contributed by atoms with Gasteiger partial charge in [-0.2, -0.15) is 0 Å². The number of aromatic nitrogens is 2. The summed E-state index contributed by atoms with van der Waals surface area (Å²) >= 11 is 12.2. The SMILES string of the molecule is Clc1ccc(-c2cc(-c3ccc(Cl)cc3)c3nc(-c4ccccc4)cn3c2)cc1. The summed E-state index contributed by atoms with van der Waals surface area (Å²) in [5.41, 5.74) is 7.25. The van der Waals surface area contributed by atoms with Crippen molar-refractivity contribution in [3.8, 4) is 33.5 Å². The van der Waals surface area contributed by atoms with Gasteiger partial charge in [-0.15, -0.1) is 0 Å². The fourth-order valence-corrected chi connectivity index (χ4v) is 3.74. The Kier molecular flexibility index (Phi) is 4.59. The molecule has 2 heterocycles. The minimum Gasteiger partial charge on any atom is -0.305 e. The second kappa shape index (κ2) is 7.40. The maximum absolute atomic E-state index is 6.11. The smallest absolute Gasteiger partial charge is 0.145 e. The van der Waals surface area contributed by atoms with E-state index in [1.807, 2.05) is 66.7 Å². The van der Waals surface area contributed by atoms with E-state index in [9.17, 15) is 0 Å². The Labute approximate surface area is 179 Å². The molecule has 0 spiro atoms. The second-order valence-electron chi connectivity index (χ2n) is 6.88. The van der Waals surface area contributed by atoms with E-state index in [-0.39, 0.29) is 0 Å². The summed E-state index contributed by atoms with van der Waals surface area (Å²) in [6.45, 7) is 0. The van der Waals surface area contributed by atoms with Crippen LogP contribution in [0.3, 0.4) is 0 Å². The molecule has 2 nitrogen and oxygen atoms in total. The molecule has 0 saturated carbocycles. The first kappa shape index (κ1) is 18.0. The number of hydrogen-bond acceptors (Lipinski definition) is 1. The third-order valence-corrected chi connectivity index (χ3v) is 5.46. The highest BCUT2D eigenvalue weighted by atomic mass is 35.5. The summed E-state index contributed by atoms with van der Waals surface area (Å²) in [6.07, 6.45) is 4.18. The molecule has 0 atom stereocenters. The van der Waals surface area contributed by atoms with Crippen LogP contribution in [0.1, 0.15) is 0 Å². The van der Waals surface area contributed by atoms with Crippen LogP contribution in [0.15, 0.2) is 97.3 Å². The van der Waals surface area contributed by atoms with Crippen molar-refractivity contribution in [2.75, 3.05) is 0 Å². The van der Waals surface area contributed by atoms with Crippen LogP contribution in [-0.2, 0) is 0 Å². The van der Waals surface area contributed by atoms with Crippen LogP contribution in [0.2, 0.25) is 10.0 Å². The van der Waals surface area contributed by atoms with Gasteiger partial charge < -0.3 is 4.40 Å². The summed E-state index contributed by atoms with van der Waals surface area (Å²) in [6, 6.07) is 28.1. The molecule has 5 aromatic rings. The van der Waals surface area contributed by atoms with Crippen LogP contribution in [0, 0.1) is 0 Å². The number of fused-ring (bicyclic) bond motifs is 1. The Balaban J connectivity index is 1.75. The van der Waals surface area contributed by atoms with Crippen molar-refractivity contribution in [2.24, 2.45) is 0 Å².